The molecule has 1 aliphatic rings. The van der Waals surface area contributed by atoms with E-state index in [1.807, 2.05) is 24.4 Å². The standard InChI is InChI=1S/C16H20ClN3.ClH/c17-15-6-5-13(16-14(15)4-1-7-19-16)11-20-8-2-3-12(9-18)10-20;/h1,4-7,12H,2-3,8-11,18H2;1H. The first kappa shape index (κ1) is 16.5. The number of fused-ring (bicyclic) bond motifs is 1. The molecular formula is C16H21Cl2N3. The molecule has 3 nitrogen and oxygen atoms in total. The number of likely N-dealkylation sites (tertiary alicyclic amines) is 1. The van der Waals surface area contributed by atoms with Crippen molar-refractivity contribution in [2.45, 2.75) is 19.4 Å². The van der Waals surface area contributed by atoms with Crippen molar-refractivity contribution in [1.29, 1.82) is 0 Å². The van der Waals surface area contributed by atoms with E-state index in [0.717, 1.165) is 42.1 Å². The molecule has 5 heteroatoms. The van der Waals surface area contributed by atoms with Gasteiger partial charge in [-0.2, -0.15) is 0 Å². The summed E-state index contributed by atoms with van der Waals surface area (Å²) in [6.45, 7) is 3.96. The van der Waals surface area contributed by atoms with E-state index in [9.17, 15) is 0 Å². The highest BCUT2D eigenvalue weighted by Gasteiger charge is 2.19. The zero-order valence-corrected chi connectivity index (χ0v) is 13.5. The average Bonchev–Trinajstić information content (AvgIpc) is 2.51. The Morgan fingerprint density at radius 3 is 3.00 bits per heavy atom. The molecule has 2 N–H and O–H groups in total. The summed E-state index contributed by atoms with van der Waals surface area (Å²) in [5, 5.41) is 1.81. The normalized spacial score (nSPS) is 19.4. The van der Waals surface area contributed by atoms with Crippen LogP contribution in [-0.4, -0.2) is 29.5 Å². The van der Waals surface area contributed by atoms with Crippen LogP contribution in [0, 0.1) is 5.92 Å². The topological polar surface area (TPSA) is 42.1 Å². The summed E-state index contributed by atoms with van der Waals surface area (Å²) < 4.78 is 0. The van der Waals surface area contributed by atoms with Crippen LogP contribution in [0.1, 0.15) is 18.4 Å². The fourth-order valence-corrected chi connectivity index (χ4v) is 3.27. The second-order valence-electron chi connectivity index (χ2n) is 5.59. The van der Waals surface area contributed by atoms with Crippen molar-refractivity contribution in [2.24, 2.45) is 11.7 Å². The van der Waals surface area contributed by atoms with Gasteiger partial charge in [0.25, 0.3) is 0 Å². The van der Waals surface area contributed by atoms with E-state index >= 15 is 0 Å². The number of aromatic nitrogens is 1. The lowest BCUT2D eigenvalue weighted by Gasteiger charge is -2.32. The fraction of sp³-hybridized carbons (Fsp3) is 0.438. The van der Waals surface area contributed by atoms with Crippen LogP contribution >= 0.6 is 24.0 Å². The van der Waals surface area contributed by atoms with E-state index in [1.54, 1.807) is 0 Å². The Balaban J connectivity index is 0.00000161. The summed E-state index contributed by atoms with van der Waals surface area (Å²) >= 11 is 6.25. The van der Waals surface area contributed by atoms with Gasteiger partial charge in [-0.1, -0.05) is 17.7 Å². The molecule has 2 aromatic rings. The Labute approximate surface area is 136 Å². The van der Waals surface area contributed by atoms with Crippen LogP contribution in [-0.2, 0) is 6.54 Å². The number of nitrogens with zero attached hydrogens (tertiary/aromatic N) is 2. The fourth-order valence-electron chi connectivity index (χ4n) is 3.05. The molecule has 0 aliphatic carbocycles. The van der Waals surface area contributed by atoms with E-state index in [4.69, 9.17) is 17.3 Å². The van der Waals surface area contributed by atoms with E-state index in [1.165, 1.54) is 18.4 Å². The number of pyridine rings is 1. The number of piperidine rings is 1. The van der Waals surface area contributed by atoms with Crippen LogP contribution in [0.2, 0.25) is 5.02 Å². The third-order valence-corrected chi connectivity index (χ3v) is 4.46. The SMILES string of the molecule is Cl.NCC1CCCN(Cc2ccc(Cl)c3cccnc23)C1. The molecule has 1 fully saturated rings. The molecule has 1 aromatic heterocycles. The van der Waals surface area contributed by atoms with Gasteiger partial charge in [-0.25, -0.2) is 0 Å². The van der Waals surface area contributed by atoms with Crippen molar-refractivity contribution in [2.75, 3.05) is 19.6 Å². The number of hydrogen-bond donors (Lipinski definition) is 1. The maximum atomic E-state index is 6.25. The largest absolute Gasteiger partial charge is 0.330 e. The maximum Gasteiger partial charge on any atom is 0.0761 e. The van der Waals surface area contributed by atoms with Crippen LogP contribution < -0.4 is 5.73 Å². The first-order valence-corrected chi connectivity index (χ1v) is 7.60. The molecule has 0 amide bonds. The van der Waals surface area contributed by atoms with E-state index in [2.05, 4.69) is 16.0 Å². The van der Waals surface area contributed by atoms with Gasteiger partial charge in [0, 0.05) is 29.7 Å². The van der Waals surface area contributed by atoms with Crippen LogP contribution in [0.3, 0.4) is 0 Å². The van der Waals surface area contributed by atoms with Crippen LogP contribution in [0.4, 0.5) is 0 Å². The zero-order chi connectivity index (χ0) is 13.9. The minimum absolute atomic E-state index is 0. The van der Waals surface area contributed by atoms with Gasteiger partial charge in [0.1, 0.15) is 0 Å². The number of hydrogen-bond acceptors (Lipinski definition) is 3. The third kappa shape index (κ3) is 3.67. The molecule has 1 saturated heterocycles. The summed E-state index contributed by atoms with van der Waals surface area (Å²) in [5.41, 5.74) is 8.09. The molecule has 0 radical (unpaired) electrons. The highest BCUT2D eigenvalue weighted by molar-refractivity contribution is 6.35. The number of rotatable bonds is 3. The monoisotopic (exact) mass is 325 g/mol. The van der Waals surface area contributed by atoms with Crippen molar-refractivity contribution in [3.8, 4) is 0 Å². The molecule has 0 saturated carbocycles. The van der Waals surface area contributed by atoms with Crippen LogP contribution in [0.15, 0.2) is 30.5 Å². The van der Waals surface area contributed by atoms with Gasteiger partial charge in [0.2, 0.25) is 0 Å². The molecule has 0 spiro atoms. The predicted molar refractivity (Wildman–Crippen MR) is 91.1 cm³/mol. The summed E-state index contributed by atoms with van der Waals surface area (Å²) in [7, 11) is 0. The lowest BCUT2D eigenvalue weighted by Crippen LogP contribution is -2.37. The second kappa shape index (κ2) is 7.41. The number of halogens is 2. The molecule has 1 unspecified atom stereocenters. The van der Waals surface area contributed by atoms with Crippen LogP contribution in [0.25, 0.3) is 10.9 Å². The first-order valence-electron chi connectivity index (χ1n) is 7.22. The van der Waals surface area contributed by atoms with Gasteiger partial charge >= 0.3 is 0 Å². The Morgan fingerprint density at radius 1 is 1.33 bits per heavy atom. The molecule has 3 rings (SSSR count). The minimum atomic E-state index is 0. The smallest absolute Gasteiger partial charge is 0.0761 e. The average molecular weight is 326 g/mol. The molecule has 2 heterocycles. The van der Waals surface area contributed by atoms with Crippen molar-refractivity contribution < 1.29 is 0 Å². The van der Waals surface area contributed by atoms with Gasteiger partial charge in [-0.15, -0.1) is 12.4 Å². The van der Waals surface area contributed by atoms with E-state index in [-0.39, 0.29) is 12.4 Å². The third-order valence-electron chi connectivity index (χ3n) is 4.13. The molecule has 0 bridgehead atoms. The summed E-state index contributed by atoms with van der Waals surface area (Å²) in [6.07, 6.45) is 4.33. The quantitative estimate of drug-likeness (QED) is 0.939. The Kier molecular flexibility index (Phi) is 5.82. The molecule has 1 aliphatic heterocycles. The van der Waals surface area contributed by atoms with Crippen molar-refractivity contribution in [1.82, 2.24) is 9.88 Å². The van der Waals surface area contributed by atoms with Crippen molar-refractivity contribution >= 4 is 34.9 Å². The predicted octanol–water partition coefficient (Wildman–Crippen LogP) is 3.48. The minimum Gasteiger partial charge on any atom is -0.330 e. The lowest BCUT2D eigenvalue weighted by molar-refractivity contribution is 0.171. The lowest BCUT2D eigenvalue weighted by atomic mass is 9.97. The van der Waals surface area contributed by atoms with Gasteiger partial charge in [-0.3, -0.25) is 9.88 Å². The second-order valence-corrected chi connectivity index (χ2v) is 5.99. The van der Waals surface area contributed by atoms with Crippen LogP contribution in [0.5, 0.6) is 0 Å². The maximum absolute atomic E-state index is 6.25. The molecule has 1 aromatic carbocycles. The molecule has 21 heavy (non-hydrogen) atoms. The van der Waals surface area contributed by atoms with Crippen molar-refractivity contribution in [3.63, 3.8) is 0 Å². The molecule has 1 atom stereocenters. The Hall–Kier alpha value is -0.870. The Morgan fingerprint density at radius 2 is 2.19 bits per heavy atom. The molecule has 114 valence electrons. The van der Waals surface area contributed by atoms with E-state index in [0.29, 0.717) is 5.92 Å². The van der Waals surface area contributed by atoms with Crippen molar-refractivity contribution in [3.05, 3.63) is 41.0 Å². The summed E-state index contributed by atoms with van der Waals surface area (Å²) in [4.78, 5) is 7.00. The van der Waals surface area contributed by atoms with Gasteiger partial charge in [0.15, 0.2) is 0 Å². The van der Waals surface area contributed by atoms with E-state index < -0.39 is 0 Å². The Bertz CT molecular complexity index is 603. The summed E-state index contributed by atoms with van der Waals surface area (Å²) in [6, 6.07) is 8.05. The summed E-state index contributed by atoms with van der Waals surface area (Å²) in [5.74, 6) is 0.635. The highest BCUT2D eigenvalue weighted by Crippen LogP contribution is 2.26. The number of nitrogens with two attached hydrogens (primary N) is 1. The zero-order valence-electron chi connectivity index (χ0n) is 12.0. The first-order chi connectivity index (χ1) is 9.78. The molecular weight excluding hydrogens is 305 g/mol. The van der Waals surface area contributed by atoms with Gasteiger partial charge in [0.05, 0.1) is 5.52 Å². The highest BCUT2D eigenvalue weighted by atomic mass is 35.5. The van der Waals surface area contributed by atoms with Gasteiger partial charge in [-0.05, 0) is 55.6 Å². The van der Waals surface area contributed by atoms with Gasteiger partial charge < -0.3 is 5.73 Å². The number of benzene rings is 1.